The van der Waals surface area contributed by atoms with Crippen LogP contribution in [0.2, 0.25) is 0 Å². The van der Waals surface area contributed by atoms with Crippen LogP contribution in [0.5, 0.6) is 11.5 Å². The molecule has 5 nitrogen and oxygen atoms in total. The van der Waals surface area contributed by atoms with E-state index in [4.69, 9.17) is 5.26 Å². The lowest BCUT2D eigenvalue weighted by molar-refractivity contribution is 0.0739. The fraction of sp³-hybridized carbons (Fsp3) is 0.429. The van der Waals surface area contributed by atoms with Gasteiger partial charge in [0.25, 0.3) is 5.91 Å². The molecule has 0 spiro atoms. The lowest BCUT2D eigenvalue weighted by Crippen LogP contribution is -2.35. The van der Waals surface area contributed by atoms with Crippen LogP contribution >= 0.6 is 0 Å². The minimum atomic E-state index is -0.296. The Balaban J connectivity index is 2.94. The van der Waals surface area contributed by atoms with Crippen molar-refractivity contribution in [2.24, 2.45) is 5.92 Å². The van der Waals surface area contributed by atoms with Gasteiger partial charge in [-0.05, 0) is 18.1 Å². The summed E-state index contributed by atoms with van der Waals surface area (Å²) < 4.78 is 0. The summed E-state index contributed by atoms with van der Waals surface area (Å²) in [6.45, 7) is 4.82. The molecule has 1 rings (SSSR count). The number of nitriles is 1. The van der Waals surface area contributed by atoms with Gasteiger partial charge in [0.05, 0.1) is 12.5 Å². The van der Waals surface area contributed by atoms with Crippen molar-refractivity contribution in [3.05, 3.63) is 23.8 Å². The first-order chi connectivity index (χ1) is 8.93. The van der Waals surface area contributed by atoms with E-state index in [-0.39, 0.29) is 35.3 Å². The summed E-state index contributed by atoms with van der Waals surface area (Å²) in [5.41, 5.74) is 0.219. The van der Waals surface area contributed by atoms with Crippen LogP contribution in [0.25, 0.3) is 0 Å². The molecule has 0 radical (unpaired) electrons. The van der Waals surface area contributed by atoms with Gasteiger partial charge in [-0.15, -0.1) is 0 Å². The molecule has 19 heavy (non-hydrogen) atoms. The Bertz CT molecular complexity index is 472. The number of carbonyl (C=O) groups excluding carboxylic acids is 1. The average Bonchev–Trinajstić information content (AvgIpc) is 2.32. The summed E-state index contributed by atoms with van der Waals surface area (Å²) in [4.78, 5) is 13.8. The maximum absolute atomic E-state index is 12.3. The second-order valence-electron chi connectivity index (χ2n) is 4.79. The van der Waals surface area contributed by atoms with E-state index < -0.39 is 0 Å². The fourth-order valence-corrected chi connectivity index (χ4v) is 1.80. The lowest BCUT2D eigenvalue weighted by atomic mass is 10.1. The predicted molar refractivity (Wildman–Crippen MR) is 70.7 cm³/mol. The van der Waals surface area contributed by atoms with Crippen LogP contribution in [0.15, 0.2) is 18.2 Å². The van der Waals surface area contributed by atoms with Gasteiger partial charge in [-0.25, -0.2) is 0 Å². The maximum Gasteiger partial charge on any atom is 0.254 e. The van der Waals surface area contributed by atoms with Crippen LogP contribution in [0.3, 0.4) is 0 Å². The van der Waals surface area contributed by atoms with Gasteiger partial charge in [0.2, 0.25) is 0 Å². The predicted octanol–water partition coefficient (Wildman–Crippen LogP) is 2.11. The third kappa shape index (κ3) is 4.51. The third-order valence-electron chi connectivity index (χ3n) is 2.52. The first kappa shape index (κ1) is 14.8. The smallest absolute Gasteiger partial charge is 0.254 e. The summed E-state index contributed by atoms with van der Waals surface area (Å²) >= 11 is 0. The van der Waals surface area contributed by atoms with E-state index in [9.17, 15) is 15.0 Å². The number of rotatable bonds is 5. The van der Waals surface area contributed by atoms with E-state index in [1.165, 1.54) is 18.2 Å². The normalized spacial score (nSPS) is 10.2. The molecule has 1 aromatic rings. The number of phenols is 2. The molecule has 2 N–H and O–H groups in total. The van der Waals surface area contributed by atoms with Crippen LogP contribution in [0.4, 0.5) is 0 Å². The van der Waals surface area contributed by atoms with Crippen LogP contribution < -0.4 is 0 Å². The first-order valence-electron chi connectivity index (χ1n) is 6.13. The number of aromatic hydroxyl groups is 2. The first-order valence-corrected chi connectivity index (χ1v) is 6.13. The summed E-state index contributed by atoms with van der Waals surface area (Å²) in [7, 11) is 0. The molecule has 0 fully saturated rings. The topological polar surface area (TPSA) is 84.6 Å². The summed E-state index contributed by atoms with van der Waals surface area (Å²) in [5.74, 6) is -0.343. The second-order valence-corrected chi connectivity index (χ2v) is 4.79. The zero-order chi connectivity index (χ0) is 14.4. The van der Waals surface area contributed by atoms with E-state index in [1.807, 2.05) is 19.9 Å². The largest absolute Gasteiger partial charge is 0.508 e. The Morgan fingerprint density at radius 3 is 2.37 bits per heavy atom. The van der Waals surface area contributed by atoms with Crippen LogP contribution in [0.1, 0.15) is 30.6 Å². The molecule has 0 unspecified atom stereocenters. The zero-order valence-electron chi connectivity index (χ0n) is 11.1. The van der Waals surface area contributed by atoms with Gasteiger partial charge in [0.15, 0.2) is 0 Å². The third-order valence-corrected chi connectivity index (χ3v) is 2.52. The van der Waals surface area contributed by atoms with E-state index in [2.05, 4.69) is 0 Å². The molecule has 0 saturated heterocycles. The van der Waals surface area contributed by atoms with E-state index in [0.29, 0.717) is 13.1 Å². The van der Waals surface area contributed by atoms with Crippen molar-refractivity contribution in [2.75, 3.05) is 13.1 Å². The summed E-state index contributed by atoms with van der Waals surface area (Å²) in [5, 5.41) is 27.4. The minimum Gasteiger partial charge on any atom is -0.508 e. The Morgan fingerprint density at radius 2 is 1.89 bits per heavy atom. The van der Waals surface area contributed by atoms with Crippen molar-refractivity contribution < 1.29 is 15.0 Å². The van der Waals surface area contributed by atoms with Gasteiger partial charge >= 0.3 is 0 Å². The van der Waals surface area contributed by atoms with Crippen molar-refractivity contribution in [3.8, 4) is 17.6 Å². The minimum absolute atomic E-state index is 0.159. The molecule has 0 aliphatic rings. The van der Waals surface area contributed by atoms with Gasteiger partial charge in [0, 0.05) is 24.7 Å². The Labute approximate surface area is 112 Å². The molecule has 0 aliphatic heterocycles. The monoisotopic (exact) mass is 262 g/mol. The van der Waals surface area contributed by atoms with Gasteiger partial charge in [0.1, 0.15) is 11.5 Å². The molecule has 0 aliphatic carbocycles. The number of nitrogens with zero attached hydrogens (tertiary/aromatic N) is 2. The highest BCUT2D eigenvalue weighted by atomic mass is 16.3. The molecule has 5 heteroatoms. The van der Waals surface area contributed by atoms with Gasteiger partial charge in [-0.2, -0.15) is 5.26 Å². The average molecular weight is 262 g/mol. The summed E-state index contributed by atoms with van der Waals surface area (Å²) in [6, 6.07) is 5.79. The quantitative estimate of drug-likeness (QED) is 0.851. The molecule has 1 aromatic carbocycles. The maximum atomic E-state index is 12.3. The molecule has 0 saturated carbocycles. The van der Waals surface area contributed by atoms with E-state index in [0.717, 1.165) is 0 Å². The molecule has 0 atom stereocenters. The molecule has 102 valence electrons. The van der Waals surface area contributed by atoms with Crippen molar-refractivity contribution in [1.82, 2.24) is 4.90 Å². The number of hydrogen-bond donors (Lipinski definition) is 2. The van der Waals surface area contributed by atoms with Crippen LogP contribution in [-0.4, -0.2) is 34.1 Å². The van der Waals surface area contributed by atoms with Crippen molar-refractivity contribution >= 4 is 5.91 Å². The van der Waals surface area contributed by atoms with Gasteiger partial charge in [-0.3, -0.25) is 4.79 Å². The van der Waals surface area contributed by atoms with Gasteiger partial charge < -0.3 is 15.1 Å². The lowest BCUT2D eigenvalue weighted by Gasteiger charge is -2.23. The Morgan fingerprint density at radius 1 is 1.32 bits per heavy atom. The van der Waals surface area contributed by atoms with E-state index in [1.54, 1.807) is 4.90 Å². The van der Waals surface area contributed by atoms with Crippen molar-refractivity contribution in [2.45, 2.75) is 20.3 Å². The Kier molecular flexibility index (Phi) is 5.19. The van der Waals surface area contributed by atoms with Crippen molar-refractivity contribution in [1.29, 1.82) is 5.26 Å². The van der Waals surface area contributed by atoms with E-state index >= 15 is 0 Å². The number of carbonyl (C=O) groups is 1. The van der Waals surface area contributed by atoms with Crippen LogP contribution in [0, 0.1) is 17.2 Å². The van der Waals surface area contributed by atoms with Crippen LogP contribution in [-0.2, 0) is 0 Å². The number of amides is 1. The zero-order valence-corrected chi connectivity index (χ0v) is 11.1. The molecule has 0 bridgehead atoms. The SMILES string of the molecule is CC(C)CN(CCC#N)C(=O)c1cc(O)cc(O)c1. The molecule has 0 aromatic heterocycles. The Hall–Kier alpha value is -2.22. The highest BCUT2D eigenvalue weighted by molar-refractivity contribution is 5.95. The standard InChI is InChI=1S/C14H18N2O3/c1-10(2)9-16(5-3-4-15)14(19)11-6-12(17)8-13(18)7-11/h6-8,10,17-18H,3,5,9H2,1-2H3. The molecule has 1 amide bonds. The highest BCUT2D eigenvalue weighted by Crippen LogP contribution is 2.21. The number of hydrogen-bond acceptors (Lipinski definition) is 4. The molecular formula is C14H18N2O3. The summed E-state index contributed by atoms with van der Waals surface area (Å²) in [6.07, 6.45) is 0.253. The number of benzene rings is 1. The molecule has 0 heterocycles. The van der Waals surface area contributed by atoms with Crippen molar-refractivity contribution in [3.63, 3.8) is 0 Å². The fourth-order valence-electron chi connectivity index (χ4n) is 1.80. The molecular weight excluding hydrogens is 244 g/mol. The van der Waals surface area contributed by atoms with Gasteiger partial charge in [-0.1, -0.05) is 13.8 Å². The highest BCUT2D eigenvalue weighted by Gasteiger charge is 2.17. The second kappa shape index (κ2) is 6.64. The number of phenolic OH excluding ortho intramolecular Hbond substituents is 2.